The van der Waals surface area contributed by atoms with Gasteiger partial charge in [-0.05, 0) is 37.3 Å². The topological polar surface area (TPSA) is 18.5 Å². The second kappa shape index (κ2) is 6.76. The highest BCUT2D eigenvalue weighted by atomic mass is 16.5. The van der Waals surface area contributed by atoms with Gasteiger partial charge in [-0.15, -0.1) is 0 Å². The van der Waals surface area contributed by atoms with E-state index < -0.39 is 0 Å². The Morgan fingerprint density at radius 2 is 2.05 bits per heavy atom. The maximum absolute atomic E-state index is 5.66. The Morgan fingerprint density at radius 1 is 1.32 bits per heavy atom. The van der Waals surface area contributed by atoms with E-state index in [4.69, 9.17) is 9.47 Å². The fourth-order valence-electron chi connectivity index (χ4n) is 2.40. The minimum Gasteiger partial charge on any atom is -0.501 e. The predicted molar refractivity (Wildman–Crippen MR) is 78.8 cm³/mol. The second-order valence-corrected chi connectivity index (χ2v) is 5.49. The van der Waals surface area contributed by atoms with Gasteiger partial charge in [0.25, 0.3) is 0 Å². The van der Waals surface area contributed by atoms with E-state index in [1.54, 1.807) is 0 Å². The lowest BCUT2D eigenvalue weighted by atomic mass is 9.79. The Labute approximate surface area is 116 Å². The summed E-state index contributed by atoms with van der Waals surface area (Å²) in [7, 11) is 0. The molecule has 19 heavy (non-hydrogen) atoms. The quantitative estimate of drug-likeness (QED) is 0.538. The Bertz CT molecular complexity index is 399. The molecular formula is C17H24O2. The van der Waals surface area contributed by atoms with Crippen LogP contribution >= 0.6 is 0 Å². The number of rotatable bonds is 7. The molecular weight excluding hydrogens is 236 g/mol. The van der Waals surface area contributed by atoms with E-state index in [1.807, 2.05) is 24.5 Å². The van der Waals surface area contributed by atoms with Crippen LogP contribution < -0.4 is 0 Å². The normalized spacial score (nSPS) is 17.9. The van der Waals surface area contributed by atoms with Crippen LogP contribution in [0, 0.1) is 5.41 Å². The van der Waals surface area contributed by atoms with Crippen LogP contribution in [-0.2, 0) is 9.47 Å². The van der Waals surface area contributed by atoms with Crippen LogP contribution in [0.1, 0.15) is 38.7 Å². The molecule has 0 aromatic heterocycles. The summed E-state index contributed by atoms with van der Waals surface area (Å²) in [6.45, 7) is 7.00. The highest BCUT2D eigenvalue weighted by Crippen LogP contribution is 2.35. The predicted octanol–water partition coefficient (Wildman–Crippen LogP) is 4.27. The van der Waals surface area contributed by atoms with Crippen LogP contribution in [-0.4, -0.2) is 19.8 Å². The first kappa shape index (κ1) is 14.1. The van der Waals surface area contributed by atoms with Crippen LogP contribution in [0.4, 0.5) is 0 Å². The van der Waals surface area contributed by atoms with Crippen molar-refractivity contribution in [3.8, 4) is 0 Å². The number of ether oxygens (including phenoxy) is 2. The third-order valence-corrected chi connectivity index (χ3v) is 4.03. The summed E-state index contributed by atoms with van der Waals surface area (Å²) >= 11 is 0. The molecule has 1 aromatic carbocycles. The fraction of sp³-hybridized carbons (Fsp3) is 0.529. The summed E-state index contributed by atoms with van der Waals surface area (Å²) in [6, 6.07) is 10.3. The lowest BCUT2D eigenvalue weighted by Crippen LogP contribution is -2.42. The van der Waals surface area contributed by atoms with E-state index in [0.717, 1.165) is 26.2 Å². The molecule has 0 atom stereocenters. The molecule has 1 aliphatic heterocycles. The van der Waals surface area contributed by atoms with Crippen molar-refractivity contribution < 1.29 is 9.47 Å². The molecule has 2 rings (SSSR count). The molecule has 1 fully saturated rings. The molecule has 0 amide bonds. The first-order valence-electron chi connectivity index (χ1n) is 7.17. The molecule has 1 saturated heterocycles. The van der Waals surface area contributed by atoms with Gasteiger partial charge in [-0.3, -0.25) is 0 Å². The summed E-state index contributed by atoms with van der Waals surface area (Å²) in [6.07, 6.45) is 5.41. The highest BCUT2D eigenvalue weighted by Gasteiger charge is 2.35. The van der Waals surface area contributed by atoms with E-state index >= 15 is 0 Å². The van der Waals surface area contributed by atoms with Gasteiger partial charge in [0.2, 0.25) is 0 Å². The summed E-state index contributed by atoms with van der Waals surface area (Å²) in [5, 5.41) is 0. The van der Waals surface area contributed by atoms with Crippen LogP contribution in [0.5, 0.6) is 0 Å². The first-order valence-corrected chi connectivity index (χ1v) is 7.17. The standard InChI is InChI=1S/C17H24O2/c1-3-17(13-19-14-17)10-7-11-18-12-15(2)16-8-5-4-6-9-16/h4-6,8-9,12H,3,7,10-11,13-14H2,1-2H3/b15-12-. The van der Waals surface area contributed by atoms with Crippen molar-refractivity contribution in [2.75, 3.05) is 19.8 Å². The minimum absolute atomic E-state index is 0.446. The Hall–Kier alpha value is -1.28. The van der Waals surface area contributed by atoms with Crippen LogP contribution in [0.2, 0.25) is 0 Å². The maximum atomic E-state index is 5.66. The molecule has 2 nitrogen and oxygen atoms in total. The second-order valence-electron chi connectivity index (χ2n) is 5.49. The Morgan fingerprint density at radius 3 is 2.63 bits per heavy atom. The van der Waals surface area contributed by atoms with Gasteiger partial charge < -0.3 is 9.47 Å². The highest BCUT2D eigenvalue weighted by molar-refractivity contribution is 5.62. The monoisotopic (exact) mass is 260 g/mol. The van der Waals surface area contributed by atoms with Gasteiger partial charge in [-0.25, -0.2) is 0 Å². The zero-order valence-electron chi connectivity index (χ0n) is 12.0. The van der Waals surface area contributed by atoms with Crippen molar-refractivity contribution in [3.63, 3.8) is 0 Å². The van der Waals surface area contributed by atoms with Gasteiger partial charge in [0.1, 0.15) is 0 Å². The zero-order valence-corrected chi connectivity index (χ0v) is 12.0. The van der Waals surface area contributed by atoms with Gasteiger partial charge >= 0.3 is 0 Å². The van der Waals surface area contributed by atoms with Gasteiger partial charge in [0, 0.05) is 5.41 Å². The van der Waals surface area contributed by atoms with Gasteiger partial charge in [0.05, 0.1) is 26.1 Å². The van der Waals surface area contributed by atoms with Crippen molar-refractivity contribution in [1.82, 2.24) is 0 Å². The minimum atomic E-state index is 0.446. The molecule has 1 aromatic rings. The van der Waals surface area contributed by atoms with Crippen LogP contribution in [0.3, 0.4) is 0 Å². The number of hydrogen-bond acceptors (Lipinski definition) is 2. The third kappa shape index (κ3) is 3.84. The largest absolute Gasteiger partial charge is 0.501 e. The SMILES string of the molecule is CCC1(CCCO/C=C(/C)c2ccccc2)COC1. The molecule has 0 saturated carbocycles. The molecule has 1 aliphatic rings. The molecule has 1 heterocycles. The van der Waals surface area contributed by atoms with E-state index in [2.05, 4.69) is 26.0 Å². The number of hydrogen-bond donors (Lipinski definition) is 0. The van der Waals surface area contributed by atoms with Crippen LogP contribution in [0.15, 0.2) is 36.6 Å². The molecule has 0 unspecified atom stereocenters. The lowest BCUT2D eigenvalue weighted by Gasteiger charge is -2.41. The third-order valence-electron chi connectivity index (χ3n) is 4.03. The summed E-state index contributed by atoms with van der Waals surface area (Å²) in [4.78, 5) is 0. The van der Waals surface area contributed by atoms with E-state index in [-0.39, 0.29) is 0 Å². The van der Waals surface area contributed by atoms with Gasteiger partial charge in [-0.2, -0.15) is 0 Å². The van der Waals surface area contributed by atoms with Gasteiger partial charge in [0.15, 0.2) is 0 Å². The van der Waals surface area contributed by atoms with E-state index in [1.165, 1.54) is 24.0 Å². The van der Waals surface area contributed by atoms with Crippen molar-refractivity contribution >= 4 is 5.57 Å². The van der Waals surface area contributed by atoms with Gasteiger partial charge in [-0.1, -0.05) is 37.3 Å². The molecule has 0 bridgehead atoms. The van der Waals surface area contributed by atoms with Crippen molar-refractivity contribution in [1.29, 1.82) is 0 Å². The summed E-state index contributed by atoms with van der Waals surface area (Å²) < 4.78 is 11.0. The van der Waals surface area contributed by atoms with Crippen LogP contribution in [0.25, 0.3) is 5.57 Å². The fourth-order valence-corrected chi connectivity index (χ4v) is 2.40. The summed E-state index contributed by atoms with van der Waals surface area (Å²) in [5.74, 6) is 0. The molecule has 0 aliphatic carbocycles. The Kier molecular flexibility index (Phi) is 5.03. The average molecular weight is 260 g/mol. The van der Waals surface area contributed by atoms with Crippen molar-refractivity contribution in [2.45, 2.75) is 33.1 Å². The molecule has 0 N–H and O–H groups in total. The zero-order chi connectivity index (χ0) is 13.6. The number of allylic oxidation sites excluding steroid dienone is 1. The van der Waals surface area contributed by atoms with E-state index in [0.29, 0.717) is 5.41 Å². The smallest absolute Gasteiger partial charge is 0.0873 e. The molecule has 0 spiro atoms. The number of benzene rings is 1. The maximum Gasteiger partial charge on any atom is 0.0873 e. The molecule has 104 valence electrons. The molecule has 2 heteroatoms. The first-order chi connectivity index (χ1) is 9.26. The summed E-state index contributed by atoms with van der Waals surface area (Å²) in [5.41, 5.74) is 2.85. The lowest BCUT2D eigenvalue weighted by molar-refractivity contribution is -0.121. The average Bonchev–Trinajstić information content (AvgIpc) is 2.42. The van der Waals surface area contributed by atoms with Crippen molar-refractivity contribution in [3.05, 3.63) is 42.2 Å². The van der Waals surface area contributed by atoms with E-state index in [9.17, 15) is 0 Å². The van der Waals surface area contributed by atoms with Crippen molar-refractivity contribution in [2.24, 2.45) is 5.41 Å². The Balaban J connectivity index is 1.69. The molecule has 0 radical (unpaired) electrons.